The topological polar surface area (TPSA) is 69.6 Å². The van der Waals surface area contributed by atoms with Crippen molar-refractivity contribution in [2.24, 2.45) is 0 Å². The van der Waals surface area contributed by atoms with Gasteiger partial charge >= 0.3 is 18.2 Å². The van der Waals surface area contributed by atoms with Gasteiger partial charge in [-0.15, -0.1) is 0 Å². The van der Waals surface area contributed by atoms with Gasteiger partial charge in [-0.1, -0.05) is 0 Å². The molecule has 21 heavy (non-hydrogen) atoms. The van der Waals surface area contributed by atoms with E-state index in [1.807, 2.05) is 0 Å². The summed E-state index contributed by atoms with van der Waals surface area (Å²) >= 11 is 2.85. The van der Waals surface area contributed by atoms with E-state index in [0.717, 1.165) is 18.2 Å². The lowest BCUT2D eigenvalue weighted by molar-refractivity contribution is -0.148. The first kappa shape index (κ1) is 17.2. The van der Waals surface area contributed by atoms with Crippen molar-refractivity contribution in [3.63, 3.8) is 0 Å². The van der Waals surface area contributed by atoms with Crippen molar-refractivity contribution in [2.75, 3.05) is 18.4 Å². The number of alkyl halides is 3. The van der Waals surface area contributed by atoms with Crippen LogP contribution >= 0.6 is 15.9 Å². The molecule has 2 amide bonds. The van der Waals surface area contributed by atoms with Crippen molar-refractivity contribution in [3.8, 4) is 0 Å². The van der Waals surface area contributed by atoms with Gasteiger partial charge in [-0.2, -0.15) is 13.2 Å². The number of anilines is 1. The average molecular weight is 373 g/mol. The molecule has 0 saturated heterocycles. The van der Waals surface area contributed by atoms with Gasteiger partial charge in [0.05, 0.1) is 4.47 Å². The van der Waals surface area contributed by atoms with Crippen LogP contribution in [0.4, 0.5) is 28.0 Å². The minimum absolute atomic E-state index is 0.000839. The molecule has 5 nitrogen and oxygen atoms in total. The van der Waals surface area contributed by atoms with Crippen molar-refractivity contribution in [2.45, 2.75) is 6.18 Å². The summed E-state index contributed by atoms with van der Waals surface area (Å²) in [6.07, 6.45) is -4.74. The molecule has 0 aliphatic heterocycles. The molecular weight excluding hydrogens is 364 g/mol. The number of hydrogen-bond acceptors (Lipinski definition) is 2. The fourth-order valence-corrected chi connectivity index (χ4v) is 1.73. The lowest BCUT2D eigenvalue weighted by atomic mass is 10.3. The summed E-state index contributed by atoms with van der Waals surface area (Å²) in [5, 5.41) is 10.6. The molecule has 2 N–H and O–H groups in total. The Morgan fingerprint density at radius 3 is 2.43 bits per heavy atom. The smallest absolute Gasteiger partial charge is 0.406 e. The fourth-order valence-electron chi connectivity index (χ4n) is 1.36. The van der Waals surface area contributed by atoms with Crippen LogP contribution in [0.1, 0.15) is 0 Å². The molecule has 1 aromatic carbocycles. The maximum atomic E-state index is 13.0. The van der Waals surface area contributed by atoms with Crippen molar-refractivity contribution in [1.82, 2.24) is 4.90 Å². The molecule has 1 rings (SSSR count). The number of rotatable bonds is 4. The molecule has 1 aromatic rings. The minimum atomic E-state index is -4.74. The summed E-state index contributed by atoms with van der Waals surface area (Å²) in [5.74, 6) is -2.21. The van der Waals surface area contributed by atoms with E-state index in [2.05, 4.69) is 21.2 Å². The number of aliphatic carboxylic acids is 1. The molecule has 0 unspecified atom stereocenters. The zero-order valence-electron chi connectivity index (χ0n) is 10.2. The largest absolute Gasteiger partial charge is 0.480 e. The lowest BCUT2D eigenvalue weighted by Crippen LogP contribution is -2.44. The molecule has 0 fully saturated rings. The summed E-state index contributed by atoms with van der Waals surface area (Å²) in [7, 11) is 0. The Hall–Kier alpha value is -1.84. The van der Waals surface area contributed by atoms with E-state index >= 15 is 0 Å². The molecule has 0 aromatic heterocycles. The number of carboxylic acids is 1. The van der Waals surface area contributed by atoms with Crippen molar-refractivity contribution >= 4 is 33.6 Å². The monoisotopic (exact) mass is 372 g/mol. The van der Waals surface area contributed by atoms with Crippen LogP contribution in [-0.2, 0) is 4.79 Å². The summed E-state index contributed by atoms with van der Waals surface area (Å²) in [6.45, 7) is -2.83. The van der Waals surface area contributed by atoms with E-state index in [4.69, 9.17) is 5.11 Å². The zero-order chi connectivity index (χ0) is 16.2. The van der Waals surface area contributed by atoms with Crippen LogP contribution in [0.5, 0.6) is 0 Å². The van der Waals surface area contributed by atoms with Crippen molar-refractivity contribution < 1.29 is 32.3 Å². The zero-order valence-corrected chi connectivity index (χ0v) is 11.8. The van der Waals surface area contributed by atoms with Gasteiger partial charge in [0.25, 0.3) is 0 Å². The Balaban J connectivity index is 2.84. The average Bonchev–Trinajstić information content (AvgIpc) is 2.30. The molecule has 0 spiro atoms. The van der Waals surface area contributed by atoms with Gasteiger partial charge in [-0.05, 0) is 34.1 Å². The third kappa shape index (κ3) is 5.98. The molecule has 0 radical (unpaired) electrons. The van der Waals surface area contributed by atoms with Crippen LogP contribution in [0.15, 0.2) is 22.7 Å². The van der Waals surface area contributed by atoms with Crippen LogP contribution < -0.4 is 5.32 Å². The molecule has 0 aliphatic rings. The Bertz CT molecular complexity index is 551. The van der Waals surface area contributed by atoms with Crippen LogP contribution in [-0.4, -0.2) is 41.3 Å². The predicted octanol–water partition coefficient (Wildman–Crippen LogP) is 3.07. The highest BCUT2D eigenvalue weighted by molar-refractivity contribution is 9.10. The Morgan fingerprint density at radius 1 is 1.33 bits per heavy atom. The highest BCUT2D eigenvalue weighted by Gasteiger charge is 2.34. The first-order valence-electron chi connectivity index (χ1n) is 5.38. The number of carbonyl (C=O) groups is 2. The van der Waals surface area contributed by atoms with Crippen LogP contribution in [0.2, 0.25) is 0 Å². The number of hydrogen-bond donors (Lipinski definition) is 2. The quantitative estimate of drug-likeness (QED) is 0.798. The number of carbonyl (C=O) groups excluding carboxylic acids is 1. The van der Waals surface area contributed by atoms with Gasteiger partial charge in [-0.3, -0.25) is 4.79 Å². The molecule has 0 atom stereocenters. The van der Waals surface area contributed by atoms with Gasteiger partial charge in [-0.25, -0.2) is 9.18 Å². The van der Waals surface area contributed by atoms with E-state index < -0.39 is 37.1 Å². The molecule has 116 valence electrons. The standard InChI is InChI=1S/C11H9BrF4N2O3/c12-7-3-6(1-2-8(7)13)17-10(21)18(4-9(19)20)5-11(14,15)16/h1-3H,4-5H2,(H,17,21)(H,19,20). The third-order valence-corrected chi connectivity index (χ3v) is 2.76. The van der Waals surface area contributed by atoms with Crippen molar-refractivity contribution in [1.29, 1.82) is 0 Å². The fraction of sp³-hybridized carbons (Fsp3) is 0.273. The molecule has 0 heterocycles. The first-order valence-corrected chi connectivity index (χ1v) is 6.17. The highest BCUT2D eigenvalue weighted by Crippen LogP contribution is 2.21. The number of halogens is 5. The first-order chi connectivity index (χ1) is 9.58. The maximum Gasteiger partial charge on any atom is 0.406 e. The molecule has 0 aliphatic carbocycles. The van der Waals surface area contributed by atoms with E-state index in [0.29, 0.717) is 0 Å². The van der Waals surface area contributed by atoms with Gasteiger partial charge < -0.3 is 15.3 Å². The molecule has 0 bridgehead atoms. The van der Waals surface area contributed by atoms with Crippen LogP contribution in [0.3, 0.4) is 0 Å². The SMILES string of the molecule is O=C(O)CN(CC(F)(F)F)C(=O)Nc1ccc(F)c(Br)c1. The number of nitrogens with zero attached hydrogens (tertiary/aromatic N) is 1. The van der Waals surface area contributed by atoms with Crippen LogP contribution in [0, 0.1) is 5.82 Å². The Labute approximate surface area is 124 Å². The number of amides is 2. The van der Waals surface area contributed by atoms with E-state index in [9.17, 15) is 27.2 Å². The molecule has 10 heteroatoms. The summed E-state index contributed by atoms with van der Waals surface area (Å²) in [4.78, 5) is 22.3. The number of nitrogens with one attached hydrogen (secondary N) is 1. The molecular formula is C11H9BrF4N2O3. The normalized spacial score (nSPS) is 11.1. The van der Waals surface area contributed by atoms with Crippen LogP contribution in [0.25, 0.3) is 0 Å². The van der Waals surface area contributed by atoms with E-state index in [1.165, 1.54) is 0 Å². The highest BCUT2D eigenvalue weighted by atomic mass is 79.9. The Kier molecular flexibility index (Phi) is 5.53. The second kappa shape index (κ2) is 6.74. The number of benzene rings is 1. The summed E-state index contributed by atoms with van der Waals surface area (Å²) < 4.78 is 49.9. The number of urea groups is 1. The van der Waals surface area contributed by atoms with E-state index in [1.54, 1.807) is 0 Å². The van der Waals surface area contributed by atoms with Crippen molar-refractivity contribution in [3.05, 3.63) is 28.5 Å². The second-order valence-electron chi connectivity index (χ2n) is 3.92. The number of carboxylic acid groups (broad SMARTS) is 1. The minimum Gasteiger partial charge on any atom is -0.480 e. The van der Waals surface area contributed by atoms with Gasteiger partial charge in [0, 0.05) is 5.69 Å². The summed E-state index contributed by atoms with van der Waals surface area (Å²) in [6, 6.07) is 2.00. The van der Waals surface area contributed by atoms with Gasteiger partial charge in [0.2, 0.25) is 0 Å². The van der Waals surface area contributed by atoms with Gasteiger partial charge in [0.15, 0.2) is 0 Å². The third-order valence-electron chi connectivity index (χ3n) is 2.15. The lowest BCUT2D eigenvalue weighted by Gasteiger charge is -2.22. The maximum absolute atomic E-state index is 13.0. The second-order valence-corrected chi connectivity index (χ2v) is 4.78. The molecule has 0 saturated carbocycles. The van der Waals surface area contributed by atoms with Gasteiger partial charge in [0.1, 0.15) is 18.9 Å². The van der Waals surface area contributed by atoms with E-state index in [-0.39, 0.29) is 15.1 Å². The Morgan fingerprint density at radius 2 is 1.95 bits per heavy atom. The summed E-state index contributed by atoms with van der Waals surface area (Å²) in [5.41, 5.74) is 0.0193. The predicted molar refractivity (Wildman–Crippen MR) is 68.4 cm³/mol.